The smallest absolute Gasteiger partial charge is 0.416 e. The summed E-state index contributed by atoms with van der Waals surface area (Å²) in [6, 6.07) is 27.7. The highest BCUT2D eigenvalue weighted by Gasteiger charge is 2.47. The van der Waals surface area contributed by atoms with Crippen molar-refractivity contribution in [3.63, 3.8) is 0 Å². The lowest BCUT2D eigenvalue weighted by Gasteiger charge is -2.26. The monoisotopic (exact) mass is 769 g/mol. The Hall–Kier alpha value is -4.95. The maximum Gasteiger partial charge on any atom is 0.416 e. The Morgan fingerprint density at radius 1 is 0.714 bits per heavy atom. The lowest BCUT2D eigenvalue weighted by atomic mass is 9.93. The van der Waals surface area contributed by atoms with Crippen LogP contribution in [0.2, 0.25) is 0 Å². The molecule has 4 saturated heterocycles. The number of fused-ring (bicyclic) bond motifs is 4. The Bertz CT molecular complexity index is 1990. The van der Waals surface area contributed by atoms with E-state index in [0.717, 1.165) is 93.6 Å². The number of alkyl halides is 3. The number of hydrogen-bond acceptors (Lipinski definition) is 7. The topological polar surface area (TPSA) is 122 Å². The van der Waals surface area contributed by atoms with Crippen molar-refractivity contribution in [3.8, 4) is 5.75 Å². The van der Waals surface area contributed by atoms with Crippen LogP contribution in [0.15, 0.2) is 97.1 Å². The molecule has 4 aromatic rings. The third kappa shape index (κ3) is 9.52. The van der Waals surface area contributed by atoms with Gasteiger partial charge >= 0.3 is 12.2 Å². The van der Waals surface area contributed by atoms with E-state index >= 15 is 0 Å². The predicted octanol–water partition coefficient (Wildman–Crippen LogP) is 7.42. The Morgan fingerprint density at radius 3 is 1.75 bits per heavy atom. The van der Waals surface area contributed by atoms with Gasteiger partial charge in [0.25, 0.3) is 5.91 Å². The molecule has 5 fully saturated rings. The molecule has 1 aliphatic carbocycles. The molecule has 5 aliphatic rings. The molecular formula is C43H46F3N5O5. The van der Waals surface area contributed by atoms with Crippen LogP contribution in [-0.2, 0) is 28.5 Å². The molecule has 1 saturated carbocycles. The number of amides is 3. The fourth-order valence-corrected chi connectivity index (χ4v) is 7.86. The van der Waals surface area contributed by atoms with Crippen LogP contribution in [0.25, 0.3) is 0 Å². The minimum absolute atomic E-state index is 0.0429. The number of ether oxygens (including phenoxy) is 3. The van der Waals surface area contributed by atoms with Crippen LogP contribution in [0.5, 0.6) is 5.75 Å². The summed E-state index contributed by atoms with van der Waals surface area (Å²) in [5.41, 5.74) is 3.41. The van der Waals surface area contributed by atoms with Crippen LogP contribution in [0.4, 0.5) is 35.0 Å². The molecule has 4 heterocycles. The molecular weight excluding hydrogens is 723 g/mol. The number of hydrogen-bond donors (Lipinski definition) is 5. The van der Waals surface area contributed by atoms with E-state index in [0.29, 0.717) is 23.3 Å². The number of urea groups is 1. The first kappa shape index (κ1) is 37.9. The van der Waals surface area contributed by atoms with Gasteiger partial charge in [0.15, 0.2) is 0 Å². The molecule has 10 nitrogen and oxygen atoms in total. The third-order valence-corrected chi connectivity index (χ3v) is 11.1. The highest BCUT2D eigenvalue weighted by molar-refractivity contribution is 6.04. The van der Waals surface area contributed by atoms with E-state index < -0.39 is 17.8 Å². The molecule has 4 bridgehead atoms. The molecule has 56 heavy (non-hydrogen) atoms. The van der Waals surface area contributed by atoms with Gasteiger partial charge in [-0.25, -0.2) is 4.79 Å². The van der Waals surface area contributed by atoms with E-state index in [1.807, 2.05) is 48.5 Å². The summed E-state index contributed by atoms with van der Waals surface area (Å²) in [5, 5.41) is 14.9. The zero-order chi connectivity index (χ0) is 38.8. The molecule has 0 spiro atoms. The van der Waals surface area contributed by atoms with E-state index in [2.05, 4.69) is 38.7 Å². The standard InChI is InChI=1S/C23H26N2O3.C20H20F3N3O2/c26-22(18-5-9-21(10-6-18)27-13-17-1-2-17)25-19-7-3-16(4-8-19)11-23-12-20(14-28-23)24-15-23;21-20(22,23)14-2-1-3-16(8-14)26-18(27)25-15-6-4-13(5-7-15)9-19-10-17(11-28-19)24-12-19/h3-10,17,20,24H,1-2,11-15H2,(H,25,26);1-8,17,24H,9-12H2,(H2,25,26,27)/t20-,23-;17-,19-/m11/s1. The Morgan fingerprint density at radius 2 is 1.27 bits per heavy atom. The van der Waals surface area contributed by atoms with Crippen LogP contribution in [-0.4, -0.2) is 68.1 Å². The van der Waals surface area contributed by atoms with Crippen LogP contribution < -0.4 is 31.3 Å². The summed E-state index contributed by atoms with van der Waals surface area (Å²) in [6.45, 7) is 4.11. The molecule has 13 heteroatoms. The molecule has 4 atom stereocenters. The first-order valence-electron chi connectivity index (χ1n) is 19.2. The van der Waals surface area contributed by atoms with Gasteiger partial charge in [-0.05, 0) is 109 Å². The average molecular weight is 770 g/mol. The molecule has 4 aromatic carbocycles. The summed E-state index contributed by atoms with van der Waals surface area (Å²) in [7, 11) is 0. The average Bonchev–Trinajstić information content (AvgIpc) is 3.44. The molecule has 5 N–H and O–H groups in total. The van der Waals surface area contributed by atoms with Crippen molar-refractivity contribution < 1.29 is 37.0 Å². The van der Waals surface area contributed by atoms with Gasteiger partial charge in [0.2, 0.25) is 0 Å². The van der Waals surface area contributed by atoms with E-state index in [1.54, 1.807) is 12.1 Å². The van der Waals surface area contributed by atoms with Crippen molar-refractivity contribution in [2.75, 3.05) is 48.9 Å². The van der Waals surface area contributed by atoms with Gasteiger partial charge in [0.05, 0.1) is 36.6 Å². The lowest BCUT2D eigenvalue weighted by Crippen LogP contribution is -2.40. The molecule has 9 rings (SSSR count). The van der Waals surface area contributed by atoms with Crippen molar-refractivity contribution in [2.45, 2.75) is 68.0 Å². The fourth-order valence-electron chi connectivity index (χ4n) is 7.86. The highest BCUT2D eigenvalue weighted by atomic mass is 19.4. The molecule has 294 valence electrons. The third-order valence-electron chi connectivity index (χ3n) is 11.1. The Kier molecular flexibility index (Phi) is 10.8. The molecule has 4 aliphatic heterocycles. The van der Waals surface area contributed by atoms with Gasteiger partial charge < -0.3 is 40.8 Å². The zero-order valence-corrected chi connectivity index (χ0v) is 30.9. The molecule has 3 amide bonds. The number of nitrogens with one attached hydrogen (secondary N) is 5. The summed E-state index contributed by atoms with van der Waals surface area (Å²) in [5.74, 6) is 1.43. The first-order valence-corrected chi connectivity index (χ1v) is 19.2. The van der Waals surface area contributed by atoms with Crippen LogP contribution in [0.3, 0.4) is 0 Å². The summed E-state index contributed by atoms with van der Waals surface area (Å²) >= 11 is 0. The minimum Gasteiger partial charge on any atom is -0.493 e. The number of benzene rings is 4. The van der Waals surface area contributed by atoms with Crippen molar-refractivity contribution in [1.29, 1.82) is 0 Å². The number of morpholine rings is 2. The van der Waals surface area contributed by atoms with Gasteiger partial charge in [0, 0.05) is 60.6 Å². The van der Waals surface area contributed by atoms with Crippen molar-refractivity contribution in [2.24, 2.45) is 5.92 Å². The van der Waals surface area contributed by atoms with Crippen molar-refractivity contribution in [3.05, 3.63) is 119 Å². The maximum atomic E-state index is 12.7. The minimum atomic E-state index is -4.46. The highest BCUT2D eigenvalue weighted by Crippen LogP contribution is 2.36. The Balaban J connectivity index is 0.000000157. The summed E-state index contributed by atoms with van der Waals surface area (Å²) < 4.78 is 55.9. The van der Waals surface area contributed by atoms with Gasteiger partial charge in [-0.2, -0.15) is 13.2 Å². The van der Waals surface area contributed by atoms with Crippen LogP contribution in [0, 0.1) is 5.92 Å². The van der Waals surface area contributed by atoms with E-state index in [4.69, 9.17) is 14.2 Å². The van der Waals surface area contributed by atoms with Gasteiger partial charge in [0.1, 0.15) is 5.75 Å². The second kappa shape index (κ2) is 15.9. The van der Waals surface area contributed by atoms with Gasteiger partial charge in [-0.3, -0.25) is 4.79 Å². The Labute approximate surface area is 323 Å². The second-order valence-electron chi connectivity index (χ2n) is 15.7. The number of carbonyl (C=O) groups is 2. The molecule has 0 radical (unpaired) electrons. The summed E-state index contributed by atoms with van der Waals surface area (Å²) in [6.07, 6.45) is 1.88. The van der Waals surface area contributed by atoms with E-state index in [-0.39, 0.29) is 22.8 Å². The normalized spacial score (nSPS) is 24.6. The SMILES string of the molecule is O=C(Nc1ccc(C[C@@]23CN[C@@H](CO2)C3)cc1)Nc1cccc(C(F)(F)F)c1.O=C(Nc1ccc(C[C@@]23CN[C@@H](CO2)C3)cc1)c1ccc(OCC2CC2)cc1. The van der Waals surface area contributed by atoms with E-state index in [1.165, 1.54) is 30.5 Å². The molecule has 0 unspecified atom stereocenters. The second-order valence-corrected chi connectivity index (χ2v) is 15.7. The van der Waals surface area contributed by atoms with E-state index in [9.17, 15) is 22.8 Å². The van der Waals surface area contributed by atoms with Crippen molar-refractivity contribution >= 4 is 29.0 Å². The van der Waals surface area contributed by atoms with Gasteiger partial charge in [-0.1, -0.05) is 30.3 Å². The number of rotatable bonds is 11. The first-order chi connectivity index (χ1) is 27.0. The predicted molar refractivity (Wildman–Crippen MR) is 207 cm³/mol. The maximum absolute atomic E-state index is 12.7. The van der Waals surface area contributed by atoms with Crippen molar-refractivity contribution in [1.82, 2.24) is 10.6 Å². The van der Waals surface area contributed by atoms with Crippen LogP contribution >= 0.6 is 0 Å². The number of anilines is 3. The lowest BCUT2D eigenvalue weighted by molar-refractivity contribution is -0.137. The number of carbonyl (C=O) groups excluding carboxylic acids is 2. The van der Waals surface area contributed by atoms with Gasteiger partial charge in [-0.15, -0.1) is 0 Å². The summed E-state index contributed by atoms with van der Waals surface area (Å²) in [4.78, 5) is 24.6. The largest absolute Gasteiger partial charge is 0.493 e. The fraction of sp³-hybridized carbons (Fsp3) is 0.395. The quantitative estimate of drug-likeness (QED) is 0.108. The number of halogens is 3. The molecule has 0 aromatic heterocycles. The zero-order valence-electron chi connectivity index (χ0n) is 30.9. The van der Waals surface area contributed by atoms with Crippen LogP contribution in [0.1, 0.15) is 52.7 Å².